The highest BCUT2D eigenvalue weighted by Gasteiger charge is 2.37. The maximum absolute atomic E-state index is 13.7. The molecule has 2 aromatic heterocycles. The van der Waals surface area contributed by atoms with Crippen molar-refractivity contribution in [2.24, 2.45) is 0 Å². The lowest BCUT2D eigenvalue weighted by Gasteiger charge is -2.36. The van der Waals surface area contributed by atoms with E-state index in [9.17, 15) is 13.2 Å². The van der Waals surface area contributed by atoms with Crippen molar-refractivity contribution in [3.05, 3.63) is 55.9 Å². The van der Waals surface area contributed by atoms with Gasteiger partial charge in [0, 0.05) is 39.2 Å². The monoisotopic (exact) mass is 689 g/mol. The molecule has 0 bridgehead atoms. The zero-order chi connectivity index (χ0) is 29.3. The summed E-state index contributed by atoms with van der Waals surface area (Å²) in [4.78, 5) is 7.08. The fourth-order valence-electron chi connectivity index (χ4n) is 4.49. The van der Waals surface area contributed by atoms with Crippen molar-refractivity contribution in [3.8, 4) is 0 Å². The van der Waals surface area contributed by atoms with Gasteiger partial charge in [0.2, 0.25) is 0 Å². The van der Waals surface area contributed by atoms with Crippen LogP contribution in [0.15, 0.2) is 24.3 Å². The molecule has 3 heterocycles. The van der Waals surface area contributed by atoms with Crippen molar-refractivity contribution in [2.75, 3.05) is 44.4 Å². The molecule has 0 aliphatic carbocycles. The van der Waals surface area contributed by atoms with Gasteiger partial charge in [-0.25, -0.2) is 9.50 Å². The van der Waals surface area contributed by atoms with E-state index in [0.29, 0.717) is 44.1 Å². The predicted octanol–water partition coefficient (Wildman–Crippen LogP) is 6.20. The number of nitrogens with zero attached hydrogens (tertiary/aromatic N) is 4. The maximum Gasteiger partial charge on any atom is 0.416 e. The second-order valence-electron chi connectivity index (χ2n) is 11.7. The molecule has 1 aliphatic rings. The quantitative estimate of drug-likeness (QED) is 0.164. The molecule has 1 aliphatic heterocycles. The molecule has 12 heteroatoms. The Morgan fingerprint density at radius 1 is 1.15 bits per heavy atom. The summed E-state index contributed by atoms with van der Waals surface area (Å²) in [6, 6.07) is 6.37. The van der Waals surface area contributed by atoms with Gasteiger partial charge in [0.05, 0.1) is 33.7 Å². The van der Waals surface area contributed by atoms with Gasteiger partial charge in [0.1, 0.15) is 0 Å². The molecule has 1 aromatic carbocycles. The number of halogens is 4. The van der Waals surface area contributed by atoms with E-state index in [1.165, 1.54) is 13.0 Å². The molecular formula is C28H39F3IN5O2Si. The highest BCUT2D eigenvalue weighted by Crippen LogP contribution is 2.36. The fourth-order valence-corrected chi connectivity index (χ4v) is 6.16. The minimum Gasteiger partial charge on any atom is -0.416 e. The minimum atomic E-state index is -4.41. The molecule has 1 saturated heterocycles. The average Bonchev–Trinajstić information content (AvgIpc) is 3.22. The number of imidazole rings is 1. The van der Waals surface area contributed by atoms with Crippen molar-refractivity contribution in [3.63, 3.8) is 0 Å². The lowest BCUT2D eigenvalue weighted by atomic mass is 9.98. The highest BCUT2D eigenvalue weighted by atomic mass is 127. The average molecular weight is 690 g/mol. The molecule has 3 aromatic rings. The van der Waals surface area contributed by atoms with Crippen LogP contribution in [0.2, 0.25) is 18.1 Å². The molecular weight excluding hydrogens is 650 g/mol. The van der Waals surface area contributed by atoms with Crippen LogP contribution >= 0.6 is 22.6 Å². The van der Waals surface area contributed by atoms with Crippen LogP contribution in [0.25, 0.3) is 5.65 Å². The summed E-state index contributed by atoms with van der Waals surface area (Å²) in [7, 11) is -1.86. The van der Waals surface area contributed by atoms with Crippen LogP contribution in [-0.4, -0.2) is 62.4 Å². The van der Waals surface area contributed by atoms with Gasteiger partial charge in [-0.2, -0.15) is 13.2 Å². The number of hydrogen-bond donors (Lipinski definition) is 1. The van der Waals surface area contributed by atoms with Gasteiger partial charge < -0.3 is 19.4 Å². The molecule has 7 nitrogen and oxygen atoms in total. The third-order valence-corrected chi connectivity index (χ3v) is 13.3. The lowest BCUT2D eigenvalue weighted by Crippen LogP contribution is -2.42. The number of anilines is 1. The van der Waals surface area contributed by atoms with E-state index in [4.69, 9.17) is 19.2 Å². The Bertz CT molecular complexity index is 1330. The summed E-state index contributed by atoms with van der Waals surface area (Å²) in [6.07, 6.45) is -4.13. The zero-order valence-corrected chi connectivity index (χ0v) is 27.2. The van der Waals surface area contributed by atoms with E-state index in [0.717, 1.165) is 39.9 Å². The summed E-state index contributed by atoms with van der Waals surface area (Å²) in [5, 5.41) is 8.51. The van der Waals surface area contributed by atoms with E-state index < -0.39 is 20.1 Å². The minimum absolute atomic E-state index is 0.130. The molecule has 1 N–H and O–H groups in total. The number of aromatic nitrogens is 3. The zero-order valence-electron chi connectivity index (χ0n) is 24.1. The van der Waals surface area contributed by atoms with Crippen molar-refractivity contribution < 1.29 is 22.3 Å². The van der Waals surface area contributed by atoms with Crippen molar-refractivity contribution >= 4 is 42.4 Å². The summed E-state index contributed by atoms with van der Waals surface area (Å²) in [5.41, 5.74) is 2.47. The first-order chi connectivity index (χ1) is 18.7. The largest absolute Gasteiger partial charge is 0.416 e. The standard InChI is InChI=1S/C28H39F3IN5O2Si/c1-19-20(8-7-9-21(19)28(29,30)31)16-24-23(18-33-10-13-39-40(5,6)27(2,3)4)34-26-22(32)17-25(35-37(24)26)36-11-14-38-15-12-36/h7-9,17,33H,10-16,18H2,1-6H3. The topological polar surface area (TPSA) is 63.9 Å². The van der Waals surface area contributed by atoms with Crippen LogP contribution in [-0.2, 0) is 28.3 Å². The molecule has 0 radical (unpaired) electrons. The molecule has 0 unspecified atom stereocenters. The van der Waals surface area contributed by atoms with Crippen LogP contribution in [0.5, 0.6) is 0 Å². The van der Waals surface area contributed by atoms with Gasteiger partial charge in [-0.15, -0.1) is 5.10 Å². The summed E-state index contributed by atoms with van der Waals surface area (Å²) in [6.45, 7) is 17.0. The first-order valence-electron chi connectivity index (χ1n) is 13.6. The Kier molecular flexibility index (Phi) is 9.55. The van der Waals surface area contributed by atoms with Crippen molar-refractivity contribution in [1.82, 2.24) is 19.9 Å². The number of benzene rings is 1. The molecule has 4 rings (SSSR count). The van der Waals surface area contributed by atoms with E-state index in [-0.39, 0.29) is 17.0 Å². The van der Waals surface area contributed by atoms with Crippen molar-refractivity contribution in [1.29, 1.82) is 0 Å². The summed E-state index contributed by atoms with van der Waals surface area (Å²) < 4.78 is 55.6. The van der Waals surface area contributed by atoms with E-state index in [2.05, 4.69) is 66.7 Å². The molecule has 0 saturated carbocycles. The number of fused-ring (bicyclic) bond motifs is 1. The number of rotatable bonds is 9. The molecule has 0 spiro atoms. The van der Waals surface area contributed by atoms with Crippen LogP contribution in [0.4, 0.5) is 19.0 Å². The van der Waals surface area contributed by atoms with Crippen LogP contribution in [0.3, 0.4) is 0 Å². The Morgan fingerprint density at radius 2 is 1.85 bits per heavy atom. The maximum atomic E-state index is 13.7. The van der Waals surface area contributed by atoms with Crippen LogP contribution in [0.1, 0.15) is 48.8 Å². The van der Waals surface area contributed by atoms with Gasteiger partial charge in [-0.3, -0.25) is 0 Å². The number of morpholine rings is 1. The SMILES string of the molecule is Cc1c(Cc2c(CNCCO[Si](C)(C)C(C)(C)C)nc3c(I)cc(N4CCOCC4)nn23)cccc1C(F)(F)F. The second kappa shape index (κ2) is 12.2. The normalized spacial score (nSPS) is 15.3. The highest BCUT2D eigenvalue weighted by molar-refractivity contribution is 14.1. The van der Waals surface area contributed by atoms with Gasteiger partial charge in [0.15, 0.2) is 19.8 Å². The fraction of sp³-hybridized carbons (Fsp3) is 0.571. The molecule has 1 fully saturated rings. The summed E-state index contributed by atoms with van der Waals surface area (Å²) in [5.74, 6) is 0.807. The van der Waals surface area contributed by atoms with E-state index in [1.807, 2.05) is 10.6 Å². The van der Waals surface area contributed by atoms with E-state index in [1.54, 1.807) is 6.07 Å². The first-order valence-corrected chi connectivity index (χ1v) is 17.6. The number of ether oxygens (including phenoxy) is 1. The molecule has 0 atom stereocenters. The Labute approximate surface area is 249 Å². The van der Waals surface area contributed by atoms with Crippen molar-refractivity contribution in [2.45, 2.75) is 65.0 Å². The lowest BCUT2D eigenvalue weighted by molar-refractivity contribution is -0.138. The Hall–Kier alpha value is -1.74. The molecule has 220 valence electrons. The molecule has 40 heavy (non-hydrogen) atoms. The van der Waals surface area contributed by atoms with Gasteiger partial charge in [-0.05, 0) is 70.9 Å². The summed E-state index contributed by atoms with van der Waals surface area (Å²) >= 11 is 2.26. The third-order valence-electron chi connectivity index (χ3n) is 7.99. The number of alkyl halides is 3. The van der Waals surface area contributed by atoms with E-state index >= 15 is 0 Å². The Morgan fingerprint density at radius 3 is 2.50 bits per heavy atom. The van der Waals surface area contributed by atoms with Gasteiger partial charge in [0.25, 0.3) is 0 Å². The number of hydrogen-bond acceptors (Lipinski definition) is 6. The predicted molar refractivity (Wildman–Crippen MR) is 163 cm³/mol. The molecule has 0 amide bonds. The second-order valence-corrected chi connectivity index (χ2v) is 17.7. The first kappa shape index (κ1) is 31.2. The van der Waals surface area contributed by atoms with Crippen LogP contribution in [0, 0.1) is 10.5 Å². The Balaban J connectivity index is 1.65. The smallest absolute Gasteiger partial charge is 0.416 e. The third kappa shape index (κ3) is 7.00. The van der Waals surface area contributed by atoms with Gasteiger partial charge in [-0.1, -0.05) is 32.9 Å². The van der Waals surface area contributed by atoms with Crippen LogP contribution < -0.4 is 10.2 Å². The van der Waals surface area contributed by atoms with Gasteiger partial charge >= 0.3 is 6.18 Å². The number of nitrogens with one attached hydrogen (secondary N) is 1.